The van der Waals surface area contributed by atoms with E-state index < -0.39 is 0 Å². The van der Waals surface area contributed by atoms with Crippen molar-refractivity contribution in [2.75, 3.05) is 13.2 Å². The summed E-state index contributed by atoms with van der Waals surface area (Å²) in [5.41, 5.74) is 0. The molecule has 0 saturated heterocycles. The van der Waals surface area contributed by atoms with E-state index in [4.69, 9.17) is 5.11 Å². The van der Waals surface area contributed by atoms with E-state index in [9.17, 15) is 0 Å². The van der Waals surface area contributed by atoms with Crippen LogP contribution in [-0.2, 0) is 0 Å². The van der Waals surface area contributed by atoms with Gasteiger partial charge in [0.05, 0.1) is 0 Å². The van der Waals surface area contributed by atoms with Crippen molar-refractivity contribution in [3.05, 3.63) is 0 Å². The van der Waals surface area contributed by atoms with Gasteiger partial charge in [-0.1, -0.05) is 39.5 Å². The van der Waals surface area contributed by atoms with Crippen molar-refractivity contribution in [3.8, 4) is 0 Å². The summed E-state index contributed by atoms with van der Waals surface area (Å²) in [6.45, 7) is 5.90. The highest BCUT2D eigenvalue weighted by atomic mass is 16.2. The molecule has 2 N–H and O–H groups in total. The molecule has 0 amide bonds. The SMILES string of the molecule is CCCCC(CCCC)NCCCCO. The van der Waals surface area contributed by atoms with Gasteiger partial charge < -0.3 is 10.4 Å². The minimum absolute atomic E-state index is 0.330. The lowest BCUT2D eigenvalue weighted by Gasteiger charge is -2.18. The normalized spacial score (nSPS) is 11.2. The van der Waals surface area contributed by atoms with Gasteiger partial charge in [-0.05, 0) is 32.2 Å². The van der Waals surface area contributed by atoms with Crippen LogP contribution in [0.2, 0.25) is 0 Å². The van der Waals surface area contributed by atoms with Crippen molar-refractivity contribution in [1.29, 1.82) is 0 Å². The van der Waals surface area contributed by atoms with Gasteiger partial charge in [-0.3, -0.25) is 0 Å². The van der Waals surface area contributed by atoms with E-state index in [0.29, 0.717) is 12.6 Å². The Balaban J connectivity index is 3.49. The first-order valence-electron chi connectivity index (χ1n) is 6.69. The van der Waals surface area contributed by atoms with Crippen LogP contribution in [0.5, 0.6) is 0 Å². The van der Waals surface area contributed by atoms with Crippen LogP contribution in [-0.4, -0.2) is 24.3 Å². The zero-order valence-corrected chi connectivity index (χ0v) is 10.6. The second-order valence-corrected chi connectivity index (χ2v) is 4.37. The van der Waals surface area contributed by atoms with E-state index in [1.165, 1.54) is 38.5 Å². The van der Waals surface area contributed by atoms with Crippen LogP contribution in [0, 0.1) is 0 Å². The molecule has 0 aromatic carbocycles. The van der Waals surface area contributed by atoms with Crippen LogP contribution in [0.3, 0.4) is 0 Å². The van der Waals surface area contributed by atoms with Gasteiger partial charge in [-0.25, -0.2) is 0 Å². The third kappa shape index (κ3) is 10.2. The van der Waals surface area contributed by atoms with Crippen LogP contribution in [0.25, 0.3) is 0 Å². The van der Waals surface area contributed by atoms with Gasteiger partial charge in [-0.15, -0.1) is 0 Å². The lowest BCUT2D eigenvalue weighted by Crippen LogP contribution is -2.30. The summed E-state index contributed by atoms with van der Waals surface area (Å²) in [7, 11) is 0. The standard InChI is InChI=1S/C13H29NO/c1-3-5-9-13(10-6-4-2)14-11-7-8-12-15/h13-15H,3-12H2,1-2H3. The van der Waals surface area contributed by atoms with Crippen molar-refractivity contribution in [2.45, 2.75) is 71.3 Å². The van der Waals surface area contributed by atoms with Crippen LogP contribution in [0.4, 0.5) is 0 Å². The first-order valence-corrected chi connectivity index (χ1v) is 6.69. The van der Waals surface area contributed by atoms with E-state index in [1.807, 2.05) is 0 Å². The molecule has 0 saturated carbocycles. The molecule has 2 nitrogen and oxygen atoms in total. The fourth-order valence-electron chi connectivity index (χ4n) is 1.79. The molecular weight excluding hydrogens is 186 g/mol. The molecule has 15 heavy (non-hydrogen) atoms. The summed E-state index contributed by atoms with van der Waals surface area (Å²) < 4.78 is 0. The van der Waals surface area contributed by atoms with Crippen molar-refractivity contribution in [2.24, 2.45) is 0 Å². The second kappa shape index (κ2) is 12.0. The summed E-state index contributed by atoms with van der Waals surface area (Å²) in [4.78, 5) is 0. The van der Waals surface area contributed by atoms with Gasteiger partial charge in [0, 0.05) is 12.6 Å². The molecule has 0 aliphatic heterocycles. The van der Waals surface area contributed by atoms with Crippen molar-refractivity contribution < 1.29 is 5.11 Å². The lowest BCUT2D eigenvalue weighted by atomic mass is 10.0. The van der Waals surface area contributed by atoms with E-state index in [0.717, 1.165) is 19.4 Å². The average molecular weight is 215 g/mol. The fraction of sp³-hybridized carbons (Fsp3) is 1.00. The van der Waals surface area contributed by atoms with Crippen molar-refractivity contribution >= 4 is 0 Å². The molecule has 0 radical (unpaired) electrons. The second-order valence-electron chi connectivity index (χ2n) is 4.37. The third-order valence-electron chi connectivity index (χ3n) is 2.83. The number of nitrogens with one attached hydrogen (secondary N) is 1. The van der Waals surface area contributed by atoms with Crippen LogP contribution in [0.1, 0.15) is 65.2 Å². The monoisotopic (exact) mass is 215 g/mol. The number of unbranched alkanes of at least 4 members (excludes halogenated alkanes) is 3. The average Bonchev–Trinajstić information content (AvgIpc) is 2.27. The summed E-state index contributed by atoms with van der Waals surface area (Å²) >= 11 is 0. The van der Waals surface area contributed by atoms with Gasteiger partial charge in [0.2, 0.25) is 0 Å². The highest BCUT2D eigenvalue weighted by Crippen LogP contribution is 2.08. The smallest absolute Gasteiger partial charge is 0.0431 e. The molecule has 0 aliphatic carbocycles. The molecule has 0 aliphatic rings. The molecule has 0 aromatic heterocycles. The topological polar surface area (TPSA) is 32.3 Å². The van der Waals surface area contributed by atoms with Gasteiger partial charge in [-0.2, -0.15) is 0 Å². The molecule has 0 rings (SSSR count). The Hall–Kier alpha value is -0.0800. The maximum Gasteiger partial charge on any atom is 0.0431 e. The van der Waals surface area contributed by atoms with E-state index in [2.05, 4.69) is 19.2 Å². The molecule has 0 bridgehead atoms. The first-order chi connectivity index (χ1) is 7.35. The molecule has 0 atom stereocenters. The Kier molecular flexibility index (Phi) is 11.9. The van der Waals surface area contributed by atoms with Gasteiger partial charge >= 0.3 is 0 Å². The van der Waals surface area contributed by atoms with Gasteiger partial charge in [0.15, 0.2) is 0 Å². The highest BCUT2D eigenvalue weighted by molar-refractivity contribution is 4.66. The molecule has 0 aromatic rings. The van der Waals surface area contributed by atoms with Gasteiger partial charge in [0.1, 0.15) is 0 Å². The number of aliphatic hydroxyl groups excluding tert-OH is 1. The lowest BCUT2D eigenvalue weighted by molar-refractivity contribution is 0.281. The molecule has 0 fully saturated rings. The minimum atomic E-state index is 0.330. The third-order valence-corrected chi connectivity index (χ3v) is 2.83. The molecule has 92 valence electrons. The Morgan fingerprint density at radius 1 is 0.933 bits per heavy atom. The quantitative estimate of drug-likeness (QED) is 0.519. The highest BCUT2D eigenvalue weighted by Gasteiger charge is 2.05. The molecule has 0 unspecified atom stereocenters. The molecule has 0 heterocycles. The first kappa shape index (κ1) is 14.9. The maximum atomic E-state index is 8.69. The van der Waals surface area contributed by atoms with E-state index >= 15 is 0 Å². The Labute approximate surface area is 95.5 Å². The zero-order chi connectivity index (χ0) is 11.4. The minimum Gasteiger partial charge on any atom is -0.396 e. The summed E-state index contributed by atoms with van der Waals surface area (Å²) in [6.07, 6.45) is 9.92. The number of aliphatic hydroxyl groups is 1. The number of rotatable bonds is 11. The summed E-state index contributed by atoms with van der Waals surface area (Å²) in [5.74, 6) is 0. The summed E-state index contributed by atoms with van der Waals surface area (Å²) in [5, 5.41) is 12.3. The van der Waals surface area contributed by atoms with E-state index in [1.54, 1.807) is 0 Å². The van der Waals surface area contributed by atoms with Crippen LogP contribution >= 0.6 is 0 Å². The number of hydrogen-bond acceptors (Lipinski definition) is 2. The van der Waals surface area contributed by atoms with Gasteiger partial charge in [0.25, 0.3) is 0 Å². The predicted octanol–water partition coefficient (Wildman–Crippen LogP) is 3.10. The molecule has 0 spiro atoms. The largest absolute Gasteiger partial charge is 0.396 e. The molecule has 2 heteroatoms. The van der Waals surface area contributed by atoms with E-state index in [-0.39, 0.29) is 0 Å². The fourth-order valence-corrected chi connectivity index (χ4v) is 1.79. The summed E-state index contributed by atoms with van der Waals surface area (Å²) in [6, 6.07) is 0.712. The maximum absolute atomic E-state index is 8.69. The number of hydrogen-bond donors (Lipinski definition) is 2. The Morgan fingerprint density at radius 3 is 2.00 bits per heavy atom. The van der Waals surface area contributed by atoms with Crippen LogP contribution in [0.15, 0.2) is 0 Å². The van der Waals surface area contributed by atoms with Crippen molar-refractivity contribution in [1.82, 2.24) is 5.32 Å². The Bertz CT molecular complexity index is 109. The molecular formula is C13H29NO. The van der Waals surface area contributed by atoms with Crippen LogP contribution < -0.4 is 5.32 Å². The van der Waals surface area contributed by atoms with Crippen molar-refractivity contribution in [3.63, 3.8) is 0 Å². The predicted molar refractivity (Wildman–Crippen MR) is 67.2 cm³/mol. The zero-order valence-electron chi connectivity index (χ0n) is 10.6. The Morgan fingerprint density at radius 2 is 1.53 bits per heavy atom.